The van der Waals surface area contributed by atoms with Crippen molar-refractivity contribution >= 4 is 11.6 Å². The Hall–Kier alpha value is -1.66. The summed E-state index contributed by atoms with van der Waals surface area (Å²) in [6.07, 6.45) is -0.679. The molecule has 0 aliphatic heterocycles. The highest BCUT2D eigenvalue weighted by Gasteiger charge is 2.12. The molecule has 0 aliphatic rings. The Morgan fingerprint density at radius 1 is 1.20 bits per heavy atom. The summed E-state index contributed by atoms with van der Waals surface area (Å²) in [5.74, 6) is 0.448. The molecule has 0 bridgehead atoms. The van der Waals surface area contributed by atoms with Gasteiger partial charge in [-0.3, -0.25) is 4.90 Å². The summed E-state index contributed by atoms with van der Waals surface area (Å²) in [7, 11) is 3.50. The molecule has 0 aliphatic carbocycles. The summed E-state index contributed by atoms with van der Waals surface area (Å²) in [6, 6.07) is 11.9. The van der Waals surface area contributed by atoms with Gasteiger partial charge < -0.3 is 14.6 Å². The zero-order valence-corrected chi connectivity index (χ0v) is 15.2. The van der Waals surface area contributed by atoms with Gasteiger partial charge in [-0.15, -0.1) is 0 Å². The molecule has 1 unspecified atom stereocenters. The van der Waals surface area contributed by atoms with Gasteiger partial charge in [0.15, 0.2) is 0 Å². The van der Waals surface area contributed by atoms with Gasteiger partial charge in [0, 0.05) is 29.2 Å². The van der Waals surface area contributed by atoms with E-state index >= 15 is 0 Å². The van der Waals surface area contributed by atoms with E-state index in [0.717, 1.165) is 11.3 Å². The monoisotopic (exact) mass is 367 g/mol. The number of ether oxygens (including phenoxy) is 2. The first-order chi connectivity index (χ1) is 12.0. The lowest BCUT2D eigenvalue weighted by atomic mass is 10.2. The van der Waals surface area contributed by atoms with Crippen molar-refractivity contribution in [2.45, 2.75) is 19.3 Å². The standard InChI is InChI=1S/C19H23ClFNO3/c1-22(10-15-9-16(20)7-8-19(15)24-2)11-17(23)13-25-12-14-5-3-4-6-18(14)21/h3-9,17,23H,10-13H2,1-2H3. The van der Waals surface area contributed by atoms with Crippen LogP contribution in [0, 0.1) is 5.82 Å². The van der Waals surface area contributed by atoms with Crippen molar-refractivity contribution in [3.8, 4) is 5.75 Å². The van der Waals surface area contributed by atoms with Crippen LogP contribution in [0.1, 0.15) is 11.1 Å². The van der Waals surface area contributed by atoms with E-state index in [0.29, 0.717) is 23.7 Å². The van der Waals surface area contributed by atoms with Gasteiger partial charge in [0.1, 0.15) is 11.6 Å². The number of aliphatic hydroxyl groups is 1. The number of rotatable bonds is 9. The van der Waals surface area contributed by atoms with Crippen molar-refractivity contribution in [3.63, 3.8) is 0 Å². The molecule has 0 saturated heterocycles. The number of aliphatic hydroxyl groups excluding tert-OH is 1. The quantitative estimate of drug-likeness (QED) is 0.736. The summed E-state index contributed by atoms with van der Waals surface area (Å²) < 4.78 is 24.2. The van der Waals surface area contributed by atoms with Crippen LogP contribution in [0.2, 0.25) is 5.02 Å². The minimum absolute atomic E-state index is 0.130. The summed E-state index contributed by atoms with van der Waals surface area (Å²) >= 11 is 6.03. The van der Waals surface area contributed by atoms with Crippen LogP contribution in [0.5, 0.6) is 5.75 Å². The molecule has 2 rings (SSSR count). The first-order valence-electron chi connectivity index (χ1n) is 7.99. The first kappa shape index (κ1) is 19.7. The van der Waals surface area contributed by atoms with Crippen LogP contribution >= 0.6 is 11.6 Å². The third-order valence-electron chi connectivity index (χ3n) is 3.73. The Balaban J connectivity index is 1.79. The van der Waals surface area contributed by atoms with Crippen molar-refractivity contribution in [2.24, 2.45) is 0 Å². The topological polar surface area (TPSA) is 41.9 Å². The van der Waals surface area contributed by atoms with Gasteiger partial charge in [-0.05, 0) is 31.3 Å². The number of likely N-dealkylation sites (N-methyl/N-ethyl adjacent to an activating group) is 1. The van der Waals surface area contributed by atoms with Crippen LogP contribution in [0.4, 0.5) is 4.39 Å². The van der Waals surface area contributed by atoms with Gasteiger partial charge in [-0.2, -0.15) is 0 Å². The average Bonchev–Trinajstić information content (AvgIpc) is 2.56. The Kier molecular flexibility index (Phi) is 7.65. The SMILES string of the molecule is COc1ccc(Cl)cc1CN(C)CC(O)COCc1ccccc1F. The van der Waals surface area contributed by atoms with Gasteiger partial charge in [0.2, 0.25) is 0 Å². The molecule has 2 aromatic rings. The van der Waals surface area contributed by atoms with Gasteiger partial charge in [0.25, 0.3) is 0 Å². The molecule has 0 aromatic heterocycles. The van der Waals surface area contributed by atoms with Gasteiger partial charge in [0.05, 0.1) is 26.4 Å². The van der Waals surface area contributed by atoms with E-state index in [1.807, 2.05) is 24.1 Å². The number of hydrogen-bond acceptors (Lipinski definition) is 4. The molecular formula is C19H23ClFNO3. The average molecular weight is 368 g/mol. The Morgan fingerprint density at radius 2 is 1.96 bits per heavy atom. The predicted molar refractivity (Wildman–Crippen MR) is 96.4 cm³/mol. The predicted octanol–water partition coefficient (Wildman–Crippen LogP) is 3.50. The summed E-state index contributed by atoms with van der Waals surface area (Å²) in [6.45, 7) is 1.25. The van der Waals surface area contributed by atoms with Crippen LogP contribution in [0.3, 0.4) is 0 Å². The van der Waals surface area contributed by atoms with E-state index < -0.39 is 6.10 Å². The van der Waals surface area contributed by atoms with Crippen molar-refractivity contribution in [2.75, 3.05) is 27.3 Å². The van der Waals surface area contributed by atoms with E-state index in [1.165, 1.54) is 6.07 Å². The lowest BCUT2D eigenvalue weighted by molar-refractivity contribution is 0.0118. The highest BCUT2D eigenvalue weighted by molar-refractivity contribution is 6.30. The summed E-state index contributed by atoms with van der Waals surface area (Å²) in [5.41, 5.74) is 1.42. The molecule has 2 aromatic carbocycles. The van der Waals surface area contributed by atoms with E-state index in [4.69, 9.17) is 21.1 Å². The first-order valence-corrected chi connectivity index (χ1v) is 8.37. The Labute approximate surface area is 152 Å². The molecule has 0 saturated carbocycles. The number of hydrogen-bond donors (Lipinski definition) is 1. The molecule has 0 heterocycles. The van der Waals surface area contributed by atoms with Crippen LogP contribution < -0.4 is 4.74 Å². The lowest BCUT2D eigenvalue weighted by Crippen LogP contribution is -2.32. The second-order valence-electron chi connectivity index (χ2n) is 5.91. The van der Waals surface area contributed by atoms with E-state index in [2.05, 4.69) is 0 Å². The van der Waals surface area contributed by atoms with E-state index in [1.54, 1.807) is 31.4 Å². The minimum Gasteiger partial charge on any atom is -0.496 e. The minimum atomic E-state index is -0.679. The Morgan fingerprint density at radius 3 is 2.68 bits per heavy atom. The molecule has 25 heavy (non-hydrogen) atoms. The largest absolute Gasteiger partial charge is 0.496 e. The van der Waals surface area contributed by atoms with Crippen molar-refractivity contribution in [1.29, 1.82) is 0 Å². The van der Waals surface area contributed by atoms with Crippen LogP contribution in [-0.2, 0) is 17.9 Å². The molecule has 0 spiro atoms. The fraction of sp³-hybridized carbons (Fsp3) is 0.368. The maximum absolute atomic E-state index is 13.5. The fourth-order valence-corrected chi connectivity index (χ4v) is 2.75. The smallest absolute Gasteiger partial charge is 0.128 e. The maximum atomic E-state index is 13.5. The number of nitrogens with zero attached hydrogens (tertiary/aromatic N) is 1. The van der Waals surface area contributed by atoms with Gasteiger partial charge in [-0.1, -0.05) is 29.8 Å². The molecule has 1 N–H and O–H groups in total. The van der Waals surface area contributed by atoms with E-state index in [9.17, 15) is 9.50 Å². The molecule has 0 amide bonds. The normalized spacial score (nSPS) is 12.4. The van der Waals surface area contributed by atoms with Crippen LogP contribution in [-0.4, -0.2) is 43.4 Å². The number of halogens is 2. The summed E-state index contributed by atoms with van der Waals surface area (Å²) in [4.78, 5) is 1.95. The van der Waals surface area contributed by atoms with E-state index in [-0.39, 0.29) is 19.0 Å². The molecule has 136 valence electrons. The maximum Gasteiger partial charge on any atom is 0.128 e. The second kappa shape index (κ2) is 9.73. The highest BCUT2D eigenvalue weighted by Crippen LogP contribution is 2.23. The van der Waals surface area contributed by atoms with Crippen molar-refractivity contribution < 1.29 is 19.0 Å². The molecule has 4 nitrogen and oxygen atoms in total. The van der Waals surface area contributed by atoms with Crippen LogP contribution in [0.25, 0.3) is 0 Å². The lowest BCUT2D eigenvalue weighted by Gasteiger charge is -2.21. The molecular weight excluding hydrogens is 345 g/mol. The van der Waals surface area contributed by atoms with Crippen molar-refractivity contribution in [1.82, 2.24) is 4.90 Å². The van der Waals surface area contributed by atoms with Crippen molar-refractivity contribution in [3.05, 3.63) is 64.4 Å². The zero-order chi connectivity index (χ0) is 18.2. The second-order valence-corrected chi connectivity index (χ2v) is 6.35. The molecule has 6 heteroatoms. The van der Waals surface area contributed by atoms with Gasteiger partial charge in [-0.25, -0.2) is 4.39 Å². The number of benzene rings is 2. The Bertz CT molecular complexity index is 683. The van der Waals surface area contributed by atoms with Gasteiger partial charge >= 0.3 is 0 Å². The highest BCUT2D eigenvalue weighted by atomic mass is 35.5. The molecule has 0 radical (unpaired) electrons. The molecule has 1 atom stereocenters. The summed E-state index contributed by atoms with van der Waals surface area (Å²) in [5, 5.41) is 10.7. The number of methoxy groups -OCH3 is 1. The zero-order valence-electron chi connectivity index (χ0n) is 14.4. The fourth-order valence-electron chi connectivity index (χ4n) is 2.56. The third-order valence-corrected chi connectivity index (χ3v) is 3.97. The van der Waals surface area contributed by atoms with Crippen LogP contribution in [0.15, 0.2) is 42.5 Å². The third kappa shape index (κ3) is 6.29. The molecule has 0 fully saturated rings.